The lowest BCUT2D eigenvalue weighted by Gasteiger charge is -2.27. The molecule has 0 spiro atoms. The van der Waals surface area contributed by atoms with Gasteiger partial charge in [-0.15, -0.1) is 0 Å². The Labute approximate surface area is 243 Å². The Morgan fingerprint density at radius 2 is 1.29 bits per heavy atom. The molecular weight excluding hydrogens is 504 g/mol. The fourth-order valence-electron chi connectivity index (χ4n) is 5.41. The van der Waals surface area contributed by atoms with E-state index in [9.17, 15) is 5.11 Å². The molecule has 0 amide bonds. The van der Waals surface area contributed by atoms with Crippen molar-refractivity contribution < 1.29 is 5.11 Å². The molecule has 8 bridgehead atoms. The Morgan fingerprint density at radius 1 is 0.683 bits per heavy atom. The monoisotopic (exact) mass is 542 g/mol. The number of allylic oxidation sites excluding steroid dienone is 10. The van der Waals surface area contributed by atoms with Gasteiger partial charge in [-0.05, 0) is 96.1 Å². The van der Waals surface area contributed by atoms with Gasteiger partial charge in [0.1, 0.15) is 5.76 Å². The fourth-order valence-corrected chi connectivity index (χ4v) is 5.41. The molecule has 0 fully saturated rings. The first-order valence-electron chi connectivity index (χ1n) is 14.3. The van der Waals surface area contributed by atoms with Crippen LogP contribution in [0.25, 0.3) is 5.57 Å². The molecule has 5 heteroatoms. The van der Waals surface area contributed by atoms with Crippen molar-refractivity contribution >= 4 is 22.7 Å². The number of fused-ring (bicyclic) bond motifs is 5. The van der Waals surface area contributed by atoms with Crippen LogP contribution in [0.2, 0.25) is 0 Å². The normalized spacial score (nSPS) is 21.1. The summed E-state index contributed by atoms with van der Waals surface area (Å²) in [7, 11) is 0. The molecule has 0 radical (unpaired) electrons. The molecule has 1 aromatic carbocycles. The van der Waals surface area contributed by atoms with Crippen molar-refractivity contribution in [2.75, 3.05) is 0 Å². The van der Waals surface area contributed by atoms with E-state index in [4.69, 9.17) is 15.0 Å². The van der Waals surface area contributed by atoms with Crippen molar-refractivity contribution in [3.63, 3.8) is 0 Å². The first kappa shape index (κ1) is 26.9. The molecular formula is C36H38N4O. The van der Waals surface area contributed by atoms with E-state index in [1.807, 2.05) is 56.4 Å². The fraction of sp³-hybridized carbons (Fsp3) is 0.306. The summed E-state index contributed by atoms with van der Waals surface area (Å²) in [4.78, 5) is 14.9. The van der Waals surface area contributed by atoms with E-state index in [1.165, 1.54) is 11.1 Å². The minimum absolute atomic E-state index is 0.0209. The van der Waals surface area contributed by atoms with Crippen LogP contribution in [-0.4, -0.2) is 22.2 Å². The number of hydrogen-bond donors (Lipinski definition) is 2. The van der Waals surface area contributed by atoms with E-state index in [0.717, 1.165) is 51.1 Å². The van der Waals surface area contributed by atoms with Crippen LogP contribution in [0.15, 0.2) is 122 Å². The lowest BCUT2D eigenvalue weighted by Crippen LogP contribution is -2.19. The Balaban J connectivity index is 1.61. The number of aliphatic imine (C=N–C) groups is 3. The largest absolute Gasteiger partial charge is 0.509 e. The van der Waals surface area contributed by atoms with Gasteiger partial charge in [0.2, 0.25) is 0 Å². The van der Waals surface area contributed by atoms with Gasteiger partial charge >= 0.3 is 0 Å². The Kier molecular flexibility index (Phi) is 6.00. The molecule has 0 unspecified atom stereocenters. The summed E-state index contributed by atoms with van der Waals surface area (Å²) < 4.78 is 0. The Morgan fingerprint density at radius 3 is 1.98 bits per heavy atom. The summed E-state index contributed by atoms with van der Waals surface area (Å²) in [6.45, 7) is 17.6. The second kappa shape index (κ2) is 9.13. The third-order valence-corrected chi connectivity index (χ3v) is 8.14. The molecule has 0 saturated carbocycles. The highest BCUT2D eigenvalue weighted by Gasteiger charge is 2.37. The van der Waals surface area contributed by atoms with E-state index in [-0.39, 0.29) is 16.6 Å². The van der Waals surface area contributed by atoms with Crippen molar-refractivity contribution in [3.8, 4) is 0 Å². The Hall–Kier alpha value is -4.25. The van der Waals surface area contributed by atoms with Crippen LogP contribution in [0.1, 0.15) is 72.1 Å². The standard InChI is InChI=1S/C36H38N4O/c1-34(2,3)22-15-21(16-23(17-22)35(4,5)6)32-28-13-11-25(38-28)18-24-9-10-26(37-24)19-30-33(41)36(7,8)31(40-30)20-27-12-14-29(32)39-27/h9-20,40-41H,1-8H3. The molecule has 0 aliphatic carbocycles. The number of rotatable bonds is 1. The maximum Gasteiger partial charge on any atom is 0.127 e. The van der Waals surface area contributed by atoms with Gasteiger partial charge in [0.05, 0.1) is 45.3 Å². The van der Waals surface area contributed by atoms with Gasteiger partial charge in [-0.2, -0.15) is 0 Å². The molecule has 1 aromatic rings. The summed E-state index contributed by atoms with van der Waals surface area (Å²) in [6.07, 6.45) is 18.1. The summed E-state index contributed by atoms with van der Waals surface area (Å²) in [5.74, 6) is 0.288. The zero-order valence-corrected chi connectivity index (χ0v) is 25.2. The molecule has 6 rings (SSSR count). The van der Waals surface area contributed by atoms with Crippen LogP contribution < -0.4 is 5.32 Å². The number of hydrogen-bond acceptors (Lipinski definition) is 5. The van der Waals surface area contributed by atoms with Gasteiger partial charge in [-0.3, -0.25) is 0 Å². The maximum absolute atomic E-state index is 11.1. The third kappa shape index (κ3) is 4.94. The minimum Gasteiger partial charge on any atom is -0.509 e. The topological polar surface area (TPSA) is 69.3 Å². The van der Waals surface area contributed by atoms with Gasteiger partial charge in [0, 0.05) is 11.3 Å². The van der Waals surface area contributed by atoms with Gasteiger partial charge < -0.3 is 10.4 Å². The quantitative estimate of drug-likeness (QED) is 0.377. The molecule has 5 aliphatic heterocycles. The highest BCUT2D eigenvalue weighted by Crippen LogP contribution is 2.41. The Bertz CT molecular complexity index is 1690. The summed E-state index contributed by atoms with van der Waals surface area (Å²) in [6, 6.07) is 6.93. The molecule has 5 heterocycles. The molecule has 41 heavy (non-hydrogen) atoms. The predicted octanol–water partition coefficient (Wildman–Crippen LogP) is 8.09. The molecule has 5 aliphatic rings. The van der Waals surface area contributed by atoms with Crippen molar-refractivity contribution in [2.45, 2.75) is 66.2 Å². The maximum atomic E-state index is 11.1. The first-order chi connectivity index (χ1) is 19.2. The highest BCUT2D eigenvalue weighted by molar-refractivity contribution is 6.32. The highest BCUT2D eigenvalue weighted by atomic mass is 16.3. The second-order valence-corrected chi connectivity index (χ2v) is 13.8. The van der Waals surface area contributed by atoms with Crippen molar-refractivity contribution in [1.82, 2.24) is 5.32 Å². The van der Waals surface area contributed by atoms with E-state index in [2.05, 4.69) is 77.2 Å². The number of aliphatic hydroxyl groups is 1. The van der Waals surface area contributed by atoms with Crippen LogP contribution in [-0.2, 0) is 10.8 Å². The van der Waals surface area contributed by atoms with Crippen molar-refractivity contribution in [3.05, 3.63) is 124 Å². The van der Waals surface area contributed by atoms with Gasteiger partial charge in [-0.1, -0.05) is 59.7 Å². The van der Waals surface area contributed by atoms with Gasteiger partial charge in [-0.25, -0.2) is 15.0 Å². The van der Waals surface area contributed by atoms with E-state index < -0.39 is 5.41 Å². The molecule has 5 nitrogen and oxygen atoms in total. The second-order valence-electron chi connectivity index (χ2n) is 13.8. The third-order valence-electron chi connectivity index (χ3n) is 8.14. The molecule has 0 aromatic heterocycles. The molecule has 208 valence electrons. The first-order valence-corrected chi connectivity index (χ1v) is 14.3. The summed E-state index contributed by atoms with van der Waals surface area (Å²) in [5.41, 5.74) is 10.6. The summed E-state index contributed by atoms with van der Waals surface area (Å²) >= 11 is 0. The van der Waals surface area contributed by atoms with Crippen LogP contribution in [0.3, 0.4) is 0 Å². The smallest absolute Gasteiger partial charge is 0.127 e. The lowest BCUT2D eigenvalue weighted by molar-refractivity contribution is 0.301. The van der Waals surface area contributed by atoms with Crippen LogP contribution in [0.4, 0.5) is 0 Å². The number of aliphatic hydroxyl groups excluding tert-OH is 1. The minimum atomic E-state index is -0.586. The molecule has 0 atom stereocenters. The predicted molar refractivity (Wildman–Crippen MR) is 171 cm³/mol. The lowest BCUT2D eigenvalue weighted by atomic mass is 9.78. The SMILES string of the molecule is CC1(C)C2=CC3=NC(=C(c4cc(C(C)(C)C)cc(C(C)(C)C)c4)C4=NC(=CC5=NC(=CC(=C1O)N2)C=C5)C=C4)C=C3. The van der Waals surface area contributed by atoms with E-state index >= 15 is 0 Å². The zero-order chi connectivity index (χ0) is 29.3. The van der Waals surface area contributed by atoms with Crippen LogP contribution in [0.5, 0.6) is 0 Å². The average molecular weight is 543 g/mol. The number of nitrogens with zero attached hydrogens (tertiary/aromatic N) is 3. The number of nitrogens with one attached hydrogen (secondary N) is 1. The van der Waals surface area contributed by atoms with E-state index in [1.54, 1.807) is 0 Å². The molecule has 0 saturated heterocycles. The van der Waals surface area contributed by atoms with Gasteiger partial charge in [0.25, 0.3) is 0 Å². The van der Waals surface area contributed by atoms with Crippen LogP contribution in [0, 0.1) is 5.41 Å². The summed E-state index contributed by atoms with van der Waals surface area (Å²) in [5, 5.41) is 14.5. The van der Waals surface area contributed by atoms with Gasteiger partial charge in [0.15, 0.2) is 0 Å². The zero-order valence-electron chi connectivity index (χ0n) is 25.2. The van der Waals surface area contributed by atoms with Crippen molar-refractivity contribution in [2.24, 2.45) is 20.4 Å². The molecule has 2 N–H and O–H groups in total. The van der Waals surface area contributed by atoms with Crippen LogP contribution >= 0.6 is 0 Å². The van der Waals surface area contributed by atoms with Crippen molar-refractivity contribution in [1.29, 1.82) is 0 Å². The van der Waals surface area contributed by atoms with E-state index in [0.29, 0.717) is 5.70 Å². The number of benzene rings is 1. The average Bonchev–Trinajstić information content (AvgIpc) is 3.66.